The molecule has 0 heterocycles. The molecule has 0 aromatic heterocycles. The van der Waals surface area contributed by atoms with Gasteiger partial charge in [0.2, 0.25) is 0 Å². The Bertz CT molecular complexity index is 519. The van der Waals surface area contributed by atoms with Crippen LogP contribution in [0.15, 0.2) is 24.3 Å². The van der Waals surface area contributed by atoms with Crippen molar-refractivity contribution in [3.63, 3.8) is 0 Å². The summed E-state index contributed by atoms with van der Waals surface area (Å²) < 4.78 is 41.3. The van der Waals surface area contributed by atoms with Gasteiger partial charge in [-0.1, -0.05) is 18.2 Å². The normalized spacial score (nSPS) is 13.3. The maximum absolute atomic E-state index is 13.7. The lowest BCUT2D eigenvalue weighted by Crippen LogP contribution is -2.28. The number of halogens is 1. The molecule has 0 aliphatic heterocycles. The van der Waals surface area contributed by atoms with Crippen LogP contribution in [0.2, 0.25) is 0 Å². The first kappa shape index (κ1) is 18.1. The van der Waals surface area contributed by atoms with Gasteiger partial charge in [-0.25, -0.2) is 12.8 Å². The molecule has 21 heavy (non-hydrogen) atoms. The fraction of sp³-hybridized carbons (Fsp3) is 0.600. The zero-order chi connectivity index (χ0) is 15.7. The highest BCUT2D eigenvalue weighted by Gasteiger charge is 2.15. The molecule has 0 aliphatic carbocycles. The van der Waals surface area contributed by atoms with Crippen LogP contribution in [0, 0.1) is 11.7 Å². The second-order valence-electron chi connectivity index (χ2n) is 5.28. The first-order chi connectivity index (χ1) is 9.92. The molecule has 1 rings (SSSR count). The Morgan fingerprint density at radius 1 is 1.33 bits per heavy atom. The minimum absolute atomic E-state index is 0.0773. The van der Waals surface area contributed by atoms with Crippen LogP contribution in [-0.4, -0.2) is 47.2 Å². The molecule has 0 saturated carbocycles. The van der Waals surface area contributed by atoms with E-state index in [0.717, 1.165) is 0 Å². The van der Waals surface area contributed by atoms with Crippen molar-refractivity contribution in [2.45, 2.75) is 12.8 Å². The first-order valence-corrected chi connectivity index (χ1v) is 9.09. The van der Waals surface area contributed by atoms with Crippen LogP contribution in [0.4, 0.5) is 4.39 Å². The molecule has 0 bridgehead atoms. The molecule has 0 amide bonds. The summed E-state index contributed by atoms with van der Waals surface area (Å²) in [5, 5.41) is 3.22. The van der Waals surface area contributed by atoms with E-state index in [1.807, 2.05) is 0 Å². The predicted molar refractivity (Wildman–Crippen MR) is 82.7 cm³/mol. The summed E-state index contributed by atoms with van der Waals surface area (Å²) in [5.74, 6) is -0.0369. The van der Waals surface area contributed by atoms with E-state index in [9.17, 15) is 12.8 Å². The largest absolute Gasteiger partial charge is 0.383 e. The molecule has 6 heteroatoms. The summed E-state index contributed by atoms with van der Waals surface area (Å²) in [6, 6.07) is 6.63. The third kappa shape index (κ3) is 8.14. The molecule has 1 aromatic rings. The van der Waals surface area contributed by atoms with E-state index in [-0.39, 0.29) is 17.5 Å². The summed E-state index contributed by atoms with van der Waals surface area (Å²) >= 11 is 0. The van der Waals surface area contributed by atoms with Gasteiger partial charge in [0.05, 0.1) is 12.4 Å². The SMILES string of the molecule is COCCNCC(CCS(C)(=O)=O)Cc1ccccc1F. The Morgan fingerprint density at radius 2 is 2.05 bits per heavy atom. The van der Waals surface area contributed by atoms with Gasteiger partial charge in [0, 0.05) is 19.9 Å². The van der Waals surface area contributed by atoms with E-state index in [0.29, 0.717) is 38.1 Å². The summed E-state index contributed by atoms with van der Waals surface area (Å²) in [6.45, 7) is 1.94. The Morgan fingerprint density at radius 3 is 2.67 bits per heavy atom. The summed E-state index contributed by atoms with van der Waals surface area (Å²) in [5.41, 5.74) is 0.629. The van der Waals surface area contributed by atoms with E-state index in [2.05, 4.69) is 5.32 Å². The number of sulfone groups is 1. The van der Waals surface area contributed by atoms with Crippen molar-refractivity contribution in [2.24, 2.45) is 5.92 Å². The van der Waals surface area contributed by atoms with Crippen molar-refractivity contribution < 1.29 is 17.5 Å². The zero-order valence-electron chi connectivity index (χ0n) is 12.6. The van der Waals surface area contributed by atoms with Crippen molar-refractivity contribution in [1.29, 1.82) is 0 Å². The van der Waals surface area contributed by atoms with E-state index in [4.69, 9.17) is 4.74 Å². The van der Waals surface area contributed by atoms with Crippen molar-refractivity contribution in [3.05, 3.63) is 35.6 Å². The van der Waals surface area contributed by atoms with Gasteiger partial charge >= 0.3 is 0 Å². The molecular formula is C15H24FNO3S. The lowest BCUT2D eigenvalue weighted by molar-refractivity contribution is 0.197. The molecule has 0 saturated heterocycles. The van der Waals surface area contributed by atoms with Gasteiger partial charge in [-0.2, -0.15) is 0 Å². The van der Waals surface area contributed by atoms with Crippen molar-refractivity contribution in [1.82, 2.24) is 5.32 Å². The lowest BCUT2D eigenvalue weighted by atomic mass is 9.96. The van der Waals surface area contributed by atoms with Crippen LogP contribution >= 0.6 is 0 Å². The lowest BCUT2D eigenvalue weighted by Gasteiger charge is -2.18. The van der Waals surface area contributed by atoms with E-state index in [1.165, 1.54) is 12.3 Å². The molecule has 1 aromatic carbocycles. The number of hydrogen-bond donors (Lipinski definition) is 1. The minimum Gasteiger partial charge on any atom is -0.383 e. The molecule has 4 nitrogen and oxygen atoms in total. The van der Waals surface area contributed by atoms with Gasteiger partial charge in [0.25, 0.3) is 0 Å². The quantitative estimate of drug-likeness (QED) is 0.667. The molecule has 0 spiro atoms. The van der Waals surface area contributed by atoms with Crippen LogP contribution < -0.4 is 5.32 Å². The highest BCUT2D eigenvalue weighted by atomic mass is 32.2. The first-order valence-electron chi connectivity index (χ1n) is 7.03. The minimum atomic E-state index is -3.00. The molecule has 1 atom stereocenters. The van der Waals surface area contributed by atoms with Crippen molar-refractivity contribution in [2.75, 3.05) is 38.8 Å². The zero-order valence-corrected chi connectivity index (χ0v) is 13.5. The van der Waals surface area contributed by atoms with Crippen LogP contribution in [0.25, 0.3) is 0 Å². The number of benzene rings is 1. The highest BCUT2D eigenvalue weighted by molar-refractivity contribution is 7.90. The van der Waals surface area contributed by atoms with Gasteiger partial charge in [-0.15, -0.1) is 0 Å². The Labute approximate surface area is 126 Å². The van der Waals surface area contributed by atoms with Gasteiger partial charge in [-0.05, 0) is 36.9 Å². The van der Waals surface area contributed by atoms with Crippen molar-refractivity contribution >= 4 is 9.84 Å². The summed E-state index contributed by atoms with van der Waals surface area (Å²) in [4.78, 5) is 0. The number of nitrogens with one attached hydrogen (secondary N) is 1. The van der Waals surface area contributed by atoms with Gasteiger partial charge in [0.1, 0.15) is 15.7 Å². The molecule has 0 aliphatic rings. The highest BCUT2D eigenvalue weighted by Crippen LogP contribution is 2.15. The van der Waals surface area contributed by atoms with Gasteiger partial charge < -0.3 is 10.1 Å². The maximum atomic E-state index is 13.7. The van der Waals surface area contributed by atoms with E-state index >= 15 is 0 Å². The van der Waals surface area contributed by atoms with Crippen LogP contribution in [-0.2, 0) is 21.0 Å². The van der Waals surface area contributed by atoms with Crippen molar-refractivity contribution in [3.8, 4) is 0 Å². The molecular weight excluding hydrogens is 293 g/mol. The monoisotopic (exact) mass is 317 g/mol. The Hall–Kier alpha value is -0.980. The number of hydrogen-bond acceptors (Lipinski definition) is 4. The van der Waals surface area contributed by atoms with Crippen LogP contribution in [0.3, 0.4) is 0 Å². The summed E-state index contributed by atoms with van der Waals surface area (Å²) in [6.07, 6.45) is 2.28. The smallest absolute Gasteiger partial charge is 0.147 e. The second kappa shape index (κ2) is 9.12. The Balaban J connectivity index is 2.60. The van der Waals surface area contributed by atoms with Crippen LogP contribution in [0.5, 0.6) is 0 Å². The predicted octanol–water partition coefficient (Wildman–Crippen LogP) is 1.66. The second-order valence-corrected chi connectivity index (χ2v) is 7.54. The standard InChI is InChI=1S/C15H24FNO3S/c1-20-9-8-17-12-13(7-10-21(2,18)19)11-14-5-3-4-6-15(14)16/h3-6,13,17H,7-12H2,1-2H3. The van der Waals surface area contributed by atoms with Crippen LogP contribution in [0.1, 0.15) is 12.0 Å². The third-order valence-corrected chi connectivity index (χ3v) is 4.26. The summed E-state index contributed by atoms with van der Waals surface area (Å²) in [7, 11) is -1.38. The molecule has 0 radical (unpaired) electrons. The van der Waals surface area contributed by atoms with E-state index < -0.39 is 9.84 Å². The number of ether oxygens (including phenoxy) is 1. The fourth-order valence-corrected chi connectivity index (χ4v) is 2.87. The van der Waals surface area contributed by atoms with E-state index in [1.54, 1.807) is 25.3 Å². The molecule has 1 unspecified atom stereocenters. The van der Waals surface area contributed by atoms with Gasteiger partial charge in [-0.3, -0.25) is 0 Å². The topological polar surface area (TPSA) is 55.4 Å². The maximum Gasteiger partial charge on any atom is 0.147 e. The average Bonchev–Trinajstić information content (AvgIpc) is 2.42. The Kier molecular flexibility index (Phi) is 7.85. The fourth-order valence-electron chi connectivity index (χ4n) is 2.11. The number of rotatable bonds is 10. The third-order valence-electron chi connectivity index (χ3n) is 3.28. The average molecular weight is 317 g/mol. The molecule has 0 fully saturated rings. The molecule has 1 N–H and O–H groups in total. The number of methoxy groups -OCH3 is 1. The van der Waals surface area contributed by atoms with Gasteiger partial charge in [0.15, 0.2) is 0 Å². The molecule has 120 valence electrons.